The van der Waals surface area contributed by atoms with Gasteiger partial charge in [0.2, 0.25) is 0 Å². The number of nitrogens with one attached hydrogen (secondary N) is 1. The molecule has 3 N–H and O–H groups in total. The smallest absolute Gasteiger partial charge is 0.290 e. The van der Waals surface area contributed by atoms with Gasteiger partial charge < -0.3 is 10.5 Å². The summed E-state index contributed by atoms with van der Waals surface area (Å²) in [6, 6.07) is 7.77. The first-order valence-corrected chi connectivity index (χ1v) is 6.21. The van der Waals surface area contributed by atoms with Crippen LogP contribution in [0.4, 0.5) is 5.69 Å². The number of anilines is 1. The molecule has 18 heavy (non-hydrogen) atoms. The van der Waals surface area contributed by atoms with Crippen LogP contribution in [0.2, 0.25) is 0 Å². The van der Waals surface area contributed by atoms with Gasteiger partial charge in [0, 0.05) is 11.6 Å². The molecule has 0 spiro atoms. The molecule has 0 unspecified atom stereocenters. The second kappa shape index (κ2) is 5.41. The fourth-order valence-electron chi connectivity index (χ4n) is 1.73. The summed E-state index contributed by atoms with van der Waals surface area (Å²) in [5, 5.41) is 2.96. The maximum atomic E-state index is 11.9. The molecule has 0 saturated carbocycles. The van der Waals surface area contributed by atoms with Crippen molar-refractivity contribution in [2.24, 2.45) is 0 Å². The van der Waals surface area contributed by atoms with Crippen LogP contribution in [0.3, 0.4) is 0 Å². The Hall–Kier alpha value is -1.53. The van der Waals surface area contributed by atoms with E-state index < -0.39 is 0 Å². The highest BCUT2D eigenvalue weighted by Crippen LogP contribution is 2.13. The zero-order chi connectivity index (χ0) is 13.1. The fourth-order valence-corrected chi connectivity index (χ4v) is 2.18. The molecule has 96 valence electrons. The number of benzene rings is 1. The van der Waals surface area contributed by atoms with E-state index in [1.54, 1.807) is 7.11 Å². The number of aromatic amines is 1. The molecule has 5 nitrogen and oxygen atoms in total. The zero-order valence-electron chi connectivity index (χ0n) is 9.94. The number of halogens is 1. The van der Waals surface area contributed by atoms with Crippen LogP contribution in [0.1, 0.15) is 11.3 Å². The molecule has 0 saturated heterocycles. The molecule has 6 heteroatoms. The Labute approximate surface area is 113 Å². The Bertz CT molecular complexity index is 604. The van der Waals surface area contributed by atoms with Gasteiger partial charge in [0.15, 0.2) is 0 Å². The lowest BCUT2D eigenvalue weighted by Crippen LogP contribution is -2.19. The average Bonchev–Trinajstić information content (AvgIpc) is 2.59. The molecule has 2 rings (SSSR count). The lowest BCUT2D eigenvalue weighted by atomic mass is 10.2. The number of nitrogens with zero attached hydrogens (tertiary/aromatic N) is 1. The van der Waals surface area contributed by atoms with Gasteiger partial charge in [-0.25, -0.2) is 4.68 Å². The molecule has 0 atom stereocenters. The third kappa shape index (κ3) is 2.65. The van der Waals surface area contributed by atoms with Gasteiger partial charge in [-0.2, -0.15) is 0 Å². The third-order valence-electron chi connectivity index (χ3n) is 2.59. The maximum absolute atomic E-state index is 11.9. The van der Waals surface area contributed by atoms with Crippen molar-refractivity contribution in [1.29, 1.82) is 0 Å². The minimum Gasteiger partial charge on any atom is -0.393 e. The molecule has 0 aliphatic heterocycles. The summed E-state index contributed by atoms with van der Waals surface area (Å²) in [5.41, 5.74) is 7.33. The van der Waals surface area contributed by atoms with E-state index >= 15 is 0 Å². The summed E-state index contributed by atoms with van der Waals surface area (Å²) in [4.78, 5) is 11.9. The van der Waals surface area contributed by atoms with E-state index in [1.165, 1.54) is 4.68 Å². The molecule has 0 radical (unpaired) electrons. The minimum absolute atomic E-state index is 0.215. The largest absolute Gasteiger partial charge is 0.393 e. The van der Waals surface area contributed by atoms with Crippen LogP contribution in [-0.4, -0.2) is 16.9 Å². The number of nitrogens with two attached hydrogens (primary N) is 1. The summed E-state index contributed by atoms with van der Waals surface area (Å²) in [6.07, 6.45) is 0. The lowest BCUT2D eigenvalue weighted by molar-refractivity contribution is 0.181. The average molecular weight is 312 g/mol. The summed E-state index contributed by atoms with van der Waals surface area (Å²) in [7, 11) is 1.56. The van der Waals surface area contributed by atoms with E-state index in [4.69, 9.17) is 10.5 Å². The van der Waals surface area contributed by atoms with Crippen molar-refractivity contribution in [2.45, 2.75) is 13.2 Å². The van der Waals surface area contributed by atoms with Crippen molar-refractivity contribution in [2.75, 3.05) is 12.8 Å². The predicted molar refractivity (Wildman–Crippen MR) is 73.4 cm³/mol. The normalized spacial score (nSPS) is 10.8. The Morgan fingerprint density at radius 3 is 2.94 bits per heavy atom. The van der Waals surface area contributed by atoms with E-state index in [0.717, 1.165) is 10.0 Å². The van der Waals surface area contributed by atoms with Gasteiger partial charge in [-0.15, -0.1) is 0 Å². The quantitative estimate of drug-likeness (QED) is 0.903. The number of ether oxygens (including phenoxy) is 1. The van der Waals surface area contributed by atoms with E-state index in [0.29, 0.717) is 18.8 Å². The molecular formula is C12H14BrN3O2. The first-order valence-electron chi connectivity index (χ1n) is 5.42. The van der Waals surface area contributed by atoms with Crippen molar-refractivity contribution in [3.8, 4) is 0 Å². The van der Waals surface area contributed by atoms with Gasteiger partial charge in [0.1, 0.15) is 5.69 Å². The molecular weight excluding hydrogens is 298 g/mol. The predicted octanol–water partition coefficient (Wildman–Crippen LogP) is 1.72. The molecule has 0 amide bonds. The number of methoxy groups -OCH3 is 1. The Morgan fingerprint density at radius 2 is 2.28 bits per heavy atom. The van der Waals surface area contributed by atoms with Crippen LogP contribution < -0.4 is 11.3 Å². The number of hydrogen-bond donors (Lipinski definition) is 2. The first-order chi connectivity index (χ1) is 8.61. The molecule has 0 aliphatic carbocycles. The maximum Gasteiger partial charge on any atom is 0.290 e. The van der Waals surface area contributed by atoms with Crippen molar-refractivity contribution < 1.29 is 4.74 Å². The highest BCUT2D eigenvalue weighted by molar-refractivity contribution is 9.10. The van der Waals surface area contributed by atoms with Crippen LogP contribution in [0.15, 0.2) is 33.5 Å². The van der Waals surface area contributed by atoms with Gasteiger partial charge in [0.05, 0.1) is 18.8 Å². The molecule has 1 aromatic heterocycles. The van der Waals surface area contributed by atoms with E-state index in [1.807, 2.05) is 24.3 Å². The van der Waals surface area contributed by atoms with Crippen LogP contribution >= 0.6 is 15.9 Å². The van der Waals surface area contributed by atoms with Gasteiger partial charge in [-0.05, 0) is 17.7 Å². The van der Waals surface area contributed by atoms with Crippen molar-refractivity contribution in [3.05, 3.63) is 50.3 Å². The van der Waals surface area contributed by atoms with Gasteiger partial charge >= 0.3 is 0 Å². The molecule has 1 aromatic carbocycles. The van der Waals surface area contributed by atoms with Gasteiger partial charge in [-0.1, -0.05) is 28.1 Å². The van der Waals surface area contributed by atoms with Crippen LogP contribution in [0.5, 0.6) is 0 Å². The molecule has 0 bridgehead atoms. The second-order valence-corrected chi connectivity index (χ2v) is 4.87. The highest BCUT2D eigenvalue weighted by Gasteiger charge is 2.10. The molecule has 1 heterocycles. The molecule has 2 aromatic rings. The Kier molecular flexibility index (Phi) is 3.88. The van der Waals surface area contributed by atoms with Crippen molar-refractivity contribution >= 4 is 21.6 Å². The standard InChI is InChI=1S/C12H14BrN3O2/c1-18-7-10-11(14)12(17)16(15-10)6-8-3-2-4-9(13)5-8/h2-5,15H,6-7,14H2,1H3. The summed E-state index contributed by atoms with van der Waals surface area (Å²) < 4.78 is 7.43. The van der Waals surface area contributed by atoms with Gasteiger partial charge in [0.25, 0.3) is 5.56 Å². The first kappa shape index (κ1) is 12.9. The van der Waals surface area contributed by atoms with Crippen LogP contribution in [-0.2, 0) is 17.9 Å². The minimum atomic E-state index is -0.220. The Morgan fingerprint density at radius 1 is 1.50 bits per heavy atom. The summed E-state index contributed by atoms with van der Waals surface area (Å²) >= 11 is 3.40. The fraction of sp³-hybridized carbons (Fsp3) is 0.250. The SMILES string of the molecule is COCc1[nH]n(Cc2cccc(Br)c2)c(=O)c1N. The lowest BCUT2D eigenvalue weighted by Gasteiger charge is -2.03. The topological polar surface area (TPSA) is 73.0 Å². The number of H-pyrrole nitrogens is 1. The number of rotatable bonds is 4. The number of aromatic nitrogens is 2. The Balaban J connectivity index is 2.29. The zero-order valence-corrected chi connectivity index (χ0v) is 11.5. The summed E-state index contributed by atoms with van der Waals surface area (Å²) in [6.45, 7) is 0.749. The van der Waals surface area contributed by atoms with Crippen LogP contribution in [0, 0.1) is 0 Å². The van der Waals surface area contributed by atoms with Gasteiger partial charge in [-0.3, -0.25) is 9.89 Å². The van der Waals surface area contributed by atoms with Crippen molar-refractivity contribution in [1.82, 2.24) is 9.78 Å². The summed E-state index contributed by atoms with van der Waals surface area (Å²) in [5.74, 6) is 0. The van der Waals surface area contributed by atoms with Crippen LogP contribution in [0.25, 0.3) is 0 Å². The highest BCUT2D eigenvalue weighted by atomic mass is 79.9. The molecule has 0 aliphatic rings. The number of nitrogen functional groups attached to an aromatic ring is 1. The van der Waals surface area contributed by atoms with E-state index in [-0.39, 0.29) is 11.2 Å². The van der Waals surface area contributed by atoms with E-state index in [2.05, 4.69) is 21.0 Å². The molecule has 0 fully saturated rings. The monoisotopic (exact) mass is 311 g/mol. The van der Waals surface area contributed by atoms with Crippen molar-refractivity contribution in [3.63, 3.8) is 0 Å². The third-order valence-corrected chi connectivity index (χ3v) is 3.08. The second-order valence-electron chi connectivity index (χ2n) is 3.96. The van der Waals surface area contributed by atoms with E-state index in [9.17, 15) is 4.79 Å². The number of hydrogen-bond acceptors (Lipinski definition) is 3.